The molecule has 8 atom stereocenters. The number of carboxylic acids is 1. The average molecular weight is 1120 g/mol. The Bertz CT molecular complexity index is 2830. The zero-order chi connectivity index (χ0) is 57.2. The van der Waals surface area contributed by atoms with Gasteiger partial charge in [0.25, 0.3) is 17.7 Å². The number of aliphatic carboxylic acids is 1. The van der Waals surface area contributed by atoms with Crippen molar-refractivity contribution in [2.24, 2.45) is 10.9 Å². The van der Waals surface area contributed by atoms with E-state index in [-0.39, 0.29) is 111 Å². The predicted octanol–water partition coefficient (Wildman–Crippen LogP) is 1.99. The van der Waals surface area contributed by atoms with Crippen LogP contribution in [0.5, 0.6) is 28.7 Å². The highest BCUT2D eigenvalue weighted by molar-refractivity contribution is 6.06. The number of benzene rings is 3. The second kappa shape index (κ2) is 26.7. The van der Waals surface area contributed by atoms with Gasteiger partial charge in [-0.05, 0) is 61.9 Å². The van der Waals surface area contributed by atoms with E-state index in [0.29, 0.717) is 67.2 Å². The van der Waals surface area contributed by atoms with Crippen LogP contribution in [-0.2, 0) is 35.2 Å². The van der Waals surface area contributed by atoms with Gasteiger partial charge in [-0.3, -0.25) is 19.4 Å². The molecule has 80 heavy (non-hydrogen) atoms. The highest BCUT2D eigenvalue weighted by Crippen LogP contribution is 2.43. The molecule has 5 aliphatic rings. The number of nitrogens with zero attached hydrogens (tertiary/aromatic N) is 4. The van der Waals surface area contributed by atoms with Crippen LogP contribution in [0.3, 0.4) is 0 Å². The number of nitrogens with one attached hydrogen (secondary N) is 1. The number of ether oxygens (including phenoxy) is 9. The molecular formula is C54H66N6O20. The fourth-order valence-electron chi connectivity index (χ4n) is 9.73. The zero-order valence-electron chi connectivity index (χ0n) is 44.2. The Morgan fingerprint density at radius 1 is 0.750 bits per heavy atom. The summed E-state index contributed by atoms with van der Waals surface area (Å²) in [6.07, 6.45) is -8.21. The molecule has 0 saturated carbocycles. The Labute approximate surface area is 459 Å². The molecule has 0 bridgehead atoms. The van der Waals surface area contributed by atoms with Gasteiger partial charge >= 0.3 is 12.1 Å². The topological polar surface area (TPSA) is 339 Å². The number of aliphatic hydroxyl groups is 4. The maximum atomic E-state index is 14.4. The highest BCUT2D eigenvalue weighted by Gasteiger charge is 2.49. The van der Waals surface area contributed by atoms with Gasteiger partial charge in [-0.1, -0.05) is 30.4 Å². The van der Waals surface area contributed by atoms with Crippen LogP contribution in [0.1, 0.15) is 68.7 Å². The number of hydrogen-bond donors (Lipinski definition) is 7. The number of carboxylic acid groups (broad SMARTS) is 1. The van der Waals surface area contributed by atoms with Gasteiger partial charge in [-0.2, -0.15) is 0 Å². The number of aliphatic hydroxyl groups excluding tert-OH is 4. The van der Waals surface area contributed by atoms with Crippen molar-refractivity contribution >= 4 is 47.4 Å². The van der Waals surface area contributed by atoms with E-state index < -0.39 is 73.5 Å². The van der Waals surface area contributed by atoms with Gasteiger partial charge in [0, 0.05) is 38.0 Å². The molecule has 26 heteroatoms. The number of carbonyl (C=O) groups excluding carboxylic acids is 4. The third-order valence-corrected chi connectivity index (χ3v) is 13.8. The minimum Gasteiger partial charge on any atom is -0.493 e. The Kier molecular flexibility index (Phi) is 19.6. The molecular weight excluding hydrogens is 1050 g/mol. The molecule has 26 nitrogen and oxygen atoms in total. The van der Waals surface area contributed by atoms with E-state index in [1.54, 1.807) is 23.2 Å². The first-order valence-electron chi connectivity index (χ1n) is 25.8. The molecule has 0 aliphatic carbocycles. The second-order valence-electron chi connectivity index (χ2n) is 19.4. The molecule has 0 aromatic heterocycles. The second-order valence-corrected chi connectivity index (χ2v) is 19.4. The van der Waals surface area contributed by atoms with E-state index in [1.165, 1.54) is 49.5 Å². The number of methoxy groups -OCH3 is 2. The minimum absolute atomic E-state index is 0.00199. The van der Waals surface area contributed by atoms with E-state index in [9.17, 15) is 49.5 Å². The van der Waals surface area contributed by atoms with Gasteiger partial charge in [-0.15, -0.1) is 0 Å². The number of rotatable bonds is 25. The van der Waals surface area contributed by atoms with Crippen LogP contribution < -0.4 is 39.8 Å². The molecule has 3 saturated heterocycles. The molecule has 8 N–H and O–H groups in total. The van der Waals surface area contributed by atoms with Gasteiger partial charge in [0.1, 0.15) is 30.7 Å². The molecule has 5 aliphatic heterocycles. The molecule has 0 spiro atoms. The third kappa shape index (κ3) is 13.3. The van der Waals surface area contributed by atoms with E-state index >= 15 is 0 Å². The summed E-state index contributed by atoms with van der Waals surface area (Å²) in [6, 6.07) is 9.05. The predicted molar refractivity (Wildman–Crippen MR) is 280 cm³/mol. The summed E-state index contributed by atoms with van der Waals surface area (Å²) in [6.45, 7) is 9.44. The quantitative estimate of drug-likeness (QED) is 0.0362. The van der Waals surface area contributed by atoms with Crippen molar-refractivity contribution in [1.29, 1.82) is 0 Å². The first-order chi connectivity index (χ1) is 38.5. The van der Waals surface area contributed by atoms with Gasteiger partial charge in [0.15, 0.2) is 35.3 Å². The minimum atomic E-state index is -2.01. The number of anilines is 1. The summed E-state index contributed by atoms with van der Waals surface area (Å²) in [4.78, 5) is 80.8. The lowest BCUT2D eigenvalue weighted by Crippen LogP contribution is -2.61. The van der Waals surface area contributed by atoms with Gasteiger partial charge in [0.2, 0.25) is 6.29 Å². The Balaban J connectivity index is 0.946. The Hall–Kier alpha value is -7.40. The van der Waals surface area contributed by atoms with Crippen molar-refractivity contribution < 1.29 is 97.0 Å². The zero-order valence-corrected chi connectivity index (χ0v) is 44.2. The fourth-order valence-corrected chi connectivity index (χ4v) is 9.73. The summed E-state index contributed by atoms with van der Waals surface area (Å²) in [5, 5.41) is 55.6. The van der Waals surface area contributed by atoms with Crippen molar-refractivity contribution in [3.8, 4) is 28.7 Å². The van der Waals surface area contributed by atoms with Crippen LogP contribution in [0.4, 0.5) is 16.2 Å². The lowest BCUT2D eigenvalue weighted by atomic mass is 9.99. The number of fused-ring (bicyclic) bond motifs is 4. The SMILES string of the molecule is C=C1C[C@H]2C=Nc3cc(OCCCCCOc4cc5c(cc4OC)C(=O)N4CC(=C)C[C@H]4C(O)N5C(=O)OCc4ccc(O[C@@H]5O[C@H](C(=O)O)[C@@H](O)[C@H](O)[C@H]5O)c(C(=O)NCCOCCOCCON)c4)c(OC)cc3C(=O)N2C1. The normalized spacial score (nSPS) is 23.1. The van der Waals surface area contributed by atoms with Crippen molar-refractivity contribution in [2.45, 2.75) is 87.7 Å². The van der Waals surface area contributed by atoms with E-state index in [0.717, 1.165) is 10.5 Å². The number of nitrogens with two attached hydrogens (primary N) is 1. The molecule has 432 valence electrons. The average Bonchev–Trinajstić information content (AvgIpc) is 4.04. The number of aliphatic imine (C=N–C) groups is 1. The van der Waals surface area contributed by atoms with Crippen LogP contribution in [-0.4, -0.2) is 200 Å². The standard InChI is InChI=1S/C54H66N6O20/c1-29-18-32-25-57-36-23-42(40(71-3)21-33(36)49(65)58(32)26-29)75-11-6-5-7-12-76-43-24-37-34(22-41(43)72-4)50(66)59-27-30(2)19-38(59)51(67)60(37)54(70)77-28-31-8-9-39(79-53-46(63)44(61)45(62)47(80-53)52(68)69)35(20-31)48(64)56-10-13-73-14-15-74-16-17-78-55/h8-9,20-25,32,38,44-47,51,53,61-63,67H,1-2,5-7,10-19,26-28,55H2,3-4H3,(H,56,64)(H,68,69)/t32-,38-,44-,45-,46+,47-,51?,53+/m0/s1. The van der Waals surface area contributed by atoms with Crippen molar-refractivity contribution in [2.75, 3.05) is 85.0 Å². The van der Waals surface area contributed by atoms with E-state index in [2.05, 4.69) is 28.3 Å². The maximum Gasteiger partial charge on any atom is 0.416 e. The third-order valence-electron chi connectivity index (χ3n) is 13.8. The van der Waals surface area contributed by atoms with Crippen molar-refractivity contribution in [3.63, 3.8) is 0 Å². The monoisotopic (exact) mass is 1120 g/mol. The summed E-state index contributed by atoms with van der Waals surface area (Å²) in [5.41, 5.74) is 2.46. The number of amides is 4. The fraction of sp³-hybridized carbons (Fsp3) is 0.481. The van der Waals surface area contributed by atoms with Crippen LogP contribution in [0.15, 0.2) is 71.8 Å². The summed E-state index contributed by atoms with van der Waals surface area (Å²) in [5.74, 6) is 2.83. The first kappa shape index (κ1) is 58.7. The largest absolute Gasteiger partial charge is 0.493 e. The van der Waals surface area contributed by atoms with Crippen LogP contribution in [0, 0.1) is 0 Å². The number of unbranched alkanes of at least 4 members (excludes halogenated alkanes) is 2. The highest BCUT2D eigenvalue weighted by atomic mass is 16.7. The molecule has 8 rings (SSSR count). The number of hydrogen-bond acceptors (Lipinski definition) is 21. The van der Waals surface area contributed by atoms with Gasteiger partial charge in [0.05, 0.1) is 101 Å². The van der Waals surface area contributed by atoms with Crippen molar-refractivity contribution in [3.05, 3.63) is 89.0 Å². The van der Waals surface area contributed by atoms with E-state index in [1.807, 2.05) is 0 Å². The maximum absolute atomic E-state index is 14.4. The van der Waals surface area contributed by atoms with Crippen LogP contribution in [0.2, 0.25) is 0 Å². The Morgan fingerprint density at radius 3 is 2.10 bits per heavy atom. The lowest BCUT2D eigenvalue weighted by molar-refractivity contribution is -0.271. The summed E-state index contributed by atoms with van der Waals surface area (Å²) >= 11 is 0. The molecule has 0 radical (unpaired) electrons. The molecule has 3 fully saturated rings. The number of carbonyl (C=O) groups is 5. The Morgan fingerprint density at radius 2 is 1.40 bits per heavy atom. The molecule has 5 heterocycles. The lowest BCUT2D eigenvalue weighted by Gasteiger charge is -2.38. The summed E-state index contributed by atoms with van der Waals surface area (Å²) in [7, 11) is 2.90. The van der Waals surface area contributed by atoms with Crippen LogP contribution >= 0.6 is 0 Å². The van der Waals surface area contributed by atoms with Gasteiger partial charge < -0.3 is 88.1 Å². The molecule has 3 aromatic carbocycles. The smallest absolute Gasteiger partial charge is 0.416 e. The summed E-state index contributed by atoms with van der Waals surface area (Å²) < 4.78 is 51.3. The first-order valence-corrected chi connectivity index (χ1v) is 25.8. The van der Waals surface area contributed by atoms with Gasteiger partial charge in [-0.25, -0.2) is 20.4 Å². The molecule has 3 aromatic rings. The molecule has 1 unspecified atom stereocenters. The molecule has 4 amide bonds. The van der Waals surface area contributed by atoms with Crippen LogP contribution in [0.25, 0.3) is 0 Å². The van der Waals surface area contributed by atoms with Crippen molar-refractivity contribution in [1.82, 2.24) is 15.1 Å². The van der Waals surface area contributed by atoms with E-state index in [4.69, 9.17) is 48.5 Å².